The third-order valence-electron chi connectivity index (χ3n) is 3.66. The topological polar surface area (TPSA) is 73.9 Å². The normalized spacial score (nSPS) is 15.1. The molecular weight excluding hydrogens is 384 g/mol. The summed E-state index contributed by atoms with van der Waals surface area (Å²) in [6.07, 6.45) is -0.403. The fraction of sp³-hybridized carbons (Fsp3) is 0.222. The summed E-state index contributed by atoms with van der Waals surface area (Å²) in [6.45, 7) is -0.226. The molecule has 1 aliphatic heterocycles. The maximum atomic E-state index is 13.2. The zero-order valence-corrected chi connectivity index (χ0v) is 14.6. The molecule has 2 aromatic carbocycles. The number of hydrogen-bond donors (Lipinski definition) is 1. The van der Waals surface area contributed by atoms with Crippen LogP contribution in [0.2, 0.25) is 5.02 Å². The van der Waals surface area contributed by atoms with E-state index in [0.717, 1.165) is 0 Å². The van der Waals surface area contributed by atoms with Crippen molar-refractivity contribution < 1.29 is 32.6 Å². The Hall–Kier alpha value is -2.87. The number of carbonyl (C=O) groups excluding carboxylic acids is 2. The smallest absolute Gasteiger partial charge is 0.340 e. The summed E-state index contributed by atoms with van der Waals surface area (Å²) in [6, 6.07) is 8.40. The number of halogens is 3. The van der Waals surface area contributed by atoms with Gasteiger partial charge in [0.25, 0.3) is 5.91 Å². The summed E-state index contributed by atoms with van der Waals surface area (Å²) in [5.74, 6) is -2.87. The van der Waals surface area contributed by atoms with Crippen LogP contribution < -0.4 is 14.8 Å². The van der Waals surface area contributed by atoms with Gasteiger partial charge in [-0.05, 0) is 24.3 Å². The van der Waals surface area contributed by atoms with E-state index in [-0.39, 0.29) is 23.7 Å². The molecular formula is C18H14ClF2NO5. The molecule has 27 heavy (non-hydrogen) atoms. The Morgan fingerprint density at radius 1 is 1.19 bits per heavy atom. The molecule has 0 radical (unpaired) electrons. The third kappa shape index (κ3) is 4.65. The van der Waals surface area contributed by atoms with E-state index < -0.39 is 36.2 Å². The van der Waals surface area contributed by atoms with Crippen LogP contribution in [0.15, 0.2) is 36.4 Å². The molecule has 0 saturated heterocycles. The van der Waals surface area contributed by atoms with E-state index in [9.17, 15) is 18.4 Å². The SMILES string of the molecule is O=C(COC(=O)c1cc(F)c(F)cc1Cl)NC[C@@H]1COc2ccccc2O1. The number of nitrogens with one attached hydrogen (secondary N) is 1. The van der Waals surface area contributed by atoms with Gasteiger partial charge in [0.15, 0.2) is 29.7 Å². The summed E-state index contributed by atoms with van der Waals surface area (Å²) in [4.78, 5) is 23.7. The van der Waals surface area contributed by atoms with Crippen molar-refractivity contribution in [3.8, 4) is 11.5 Å². The maximum Gasteiger partial charge on any atom is 0.340 e. The number of fused-ring (bicyclic) bond motifs is 1. The average Bonchev–Trinajstić information content (AvgIpc) is 2.67. The van der Waals surface area contributed by atoms with Crippen molar-refractivity contribution in [2.24, 2.45) is 0 Å². The van der Waals surface area contributed by atoms with Crippen LogP contribution in [0.5, 0.6) is 11.5 Å². The van der Waals surface area contributed by atoms with Crippen molar-refractivity contribution in [2.75, 3.05) is 19.8 Å². The zero-order chi connectivity index (χ0) is 19.4. The number of hydrogen-bond acceptors (Lipinski definition) is 5. The molecule has 142 valence electrons. The second-order valence-corrected chi connectivity index (χ2v) is 6.03. The van der Waals surface area contributed by atoms with Crippen molar-refractivity contribution in [3.05, 3.63) is 58.6 Å². The van der Waals surface area contributed by atoms with Gasteiger partial charge in [0.2, 0.25) is 0 Å². The lowest BCUT2D eigenvalue weighted by molar-refractivity contribution is -0.124. The van der Waals surface area contributed by atoms with E-state index in [1.165, 1.54) is 0 Å². The summed E-state index contributed by atoms with van der Waals surface area (Å²) < 4.78 is 42.2. The van der Waals surface area contributed by atoms with Gasteiger partial charge >= 0.3 is 5.97 Å². The molecule has 0 saturated carbocycles. The van der Waals surface area contributed by atoms with Gasteiger partial charge in [-0.2, -0.15) is 0 Å². The Bertz CT molecular complexity index is 877. The van der Waals surface area contributed by atoms with Crippen LogP contribution in [-0.4, -0.2) is 37.7 Å². The Balaban J connectivity index is 1.46. The molecule has 0 spiro atoms. The minimum Gasteiger partial charge on any atom is -0.486 e. The van der Waals surface area contributed by atoms with E-state index in [0.29, 0.717) is 23.6 Å². The first-order valence-corrected chi connectivity index (χ1v) is 8.28. The molecule has 0 unspecified atom stereocenters. The number of rotatable bonds is 5. The van der Waals surface area contributed by atoms with Gasteiger partial charge in [-0.3, -0.25) is 4.79 Å². The first-order valence-electron chi connectivity index (χ1n) is 7.91. The Kier molecular flexibility index (Phi) is 5.75. The predicted molar refractivity (Wildman–Crippen MR) is 91.0 cm³/mol. The number of ether oxygens (including phenoxy) is 3. The second kappa shape index (κ2) is 8.22. The minimum absolute atomic E-state index is 0.136. The van der Waals surface area contributed by atoms with Crippen LogP contribution in [0.1, 0.15) is 10.4 Å². The van der Waals surface area contributed by atoms with Gasteiger partial charge < -0.3 is 19.5 Å². The number of benzene rings is 2. The molecule has 0 aromatic heterocycles. The van der Waals surface area contributed by atoms with Gasteiger partial charge in [0, 0.05) is 0 Å². The highest BCUT2D eigenvalue weighted by atomic mass is 35.5. The number of carbonyl (C=O) groups is 2. The molecule has 1 heterocycles. The van der Waals surface area contributed by atoms with Gasteiger partial charge in [0.05, 0.1) is 17.1 Å². The molecule has 0 aliphatic carbocycles. The second-order valence-electron chi connectivity index (χ2n) is 5.62. The van der Waals surface area contributed by atoms with E-state index in [2.05, 4.69) is 5.32 Å². The summed E-state index contributed by atoms with van der Waals surface area (Å²) >= 11 is 5.68. The first kappa shape index (κ1) is 18.9. The monoisotopic (exact) mass is 397 g/mol. The maximum absolute atomic E-state index is 13.2. The number of amides is 1. The average molecular weight is 398 g/mol. The molecule has 1 atom stereocenters. The Morgan fingerprint density at radius 3 is 2.67 bits per heavy atom. The summed E-state index contributed by atoms with van der Waals surface area (Å²) in [7, 11) is 0. The van der Waals surface area contributed by atoms with Gasteiger partial charge in [-0.1, -0.05) is 23.7 Å². The van der Waals surface area contributed by atoms with E-state index >= 15 is 0 Å². The lowest BCUT2D eigenvalue weighted by Gasteiger charge is -2.26. The predicted octanol–water partition coefficient (Wildman–Crippen LogP) is 2.73. The van der Waals surface area contributed by atoms with Crippen LogP contribution in [-0.2, 0) is 9.53 Å². The van der Waals surface area contributed by atoms with Crippen molar-refractivity contribution >= 4 is 23.5 Å². The Labute approximate surface area is 158 Å². The lowest BCUT2D eigenvalue weighted by atomic mass is 10.2. The molecule has 0 bridgehead atoms. The van der Waals surface area contributed by atoms with Crippen molar-refractivity contribution in [2.45, 2.75) is 6.10 Å². The number of esters is 1. The standard InChI is InChI=1S/C18H14ClF2NO5/c19-12-6-14(21)13(20)5-11(12)18(24)26-9-17(23)22-7-10-8-25-15-3-1-2-4-16(15)27-10/h1-6,10H,7-9H2,(H,22,23)/t10-/m1/s1. The van der Waals surface area contributed by atoms with Crippen molar-refractivity contribution in [3.63, 3.8) is 0 Å². The molecule has 1 aliphatic rings. The highest BCUT2D eigenvalue weighted by Gasteiger charge is 2.22. The Morgan fingerprint density at radius 2 is 1.89 bits per heavy atom. The minimum atomic E-state index is -1.24. The van der Waals surface area contributed by atoms with Gasteiger partial charge in [-0.15, -0.1) is 0 Å². The third-order valence-corrected chi connectivity index (χ3v) is 3.97. The molecule has 9 heteroatoms. The molecule has 2 aromatic rings. The van der Waals surface area contributed by atoms with Crippen LogP contribution >= 0.6 is 11.6 Å². The quantitative estimate of drug-likeness (QED) is 0.620. The fourth-order valence-corrected chi connectivity index (χ4v) is 2.56. The van der Waals surface area contributed by atoms with Crippen LogP contribution in [0, 0.1) is 11.6 Å². The van der Waals surface area contributed by atoms with E-state index in [1.54, 1.807) is 18.2 Å². The number of para-hydroxylation sites is 2. The largest absolute Gasteiger partial charge is 0.486 e. The lowest BCUT2D eigenvalue weighted by Crippen LogP contribution is -2.42. The molecule has 3 rings (SSSR count). The molecule has 1 amide bonds. The summed E-state index contributed by atoms with van der Waals surface area (Å²) in [5.41, 5.74) is -0.371. The molecule has 0 fully saturated rings. The molecule has 6 nitrogen and oxygen atoms in total. The molecule has 1 N–H and O–H groups in total. The van der Waals surface area contributed by atoms with E-state index in [1.807, 2.05) is 6.07 Å². The zero-order valence-electron chi connectivity index (χ0n) is 13.8. The fourth-order valence-electron chi connectivity index (χ4n) is 2.33. The van der Waals surface area contributed by atoms with E-state index in [4.69, 9.17) is 25.8 Å². The van der Waals surface area contributed by atoms with Crippen LogP contribution in [0.25, 0.3) is 0 Å². The van der Waals surface area contributed by atoms with Crippen molar-refractivity contribution in [1.82, 2.24) is 5.32 Å². The first-order chi connectivity index (χ1) is 12.9. The van der Waals surface area contributed by atoms with Crippen LogP contribution in [0.4, 0.5) is 8.78 Å². The highest BCUT2D eigenvalue weighted by Crippen LogP contribution is 2.30. The van der Waals surface area contributed by atoms with Crippen LogP contribution in [0.3, 0.4) is 0 Å². The highest BCUT2D eigenvalue weighted by molar-refractivity contribution is 6.33. The van der Waals surface area contributed by atoms with Gasteiger partial charge in [-0.25, -0.2) is 13.6 Å². The van der Waals surface area contributed by atoms with Gasteiger partial charge in [0.1, 0.15) is 12.7 Å². The summed E-state index contributed by atoms with van der Waals surface area (Å²) in [5, 5.41) is 2.22. The van der Waals surface area contributed by atoms with Crippen molar-refractivity contribution in [1.29, 1.82) is 0 Å².